The Hall–Kier alpha value is -1.66. The van der Waals surface area contributed by atoms with E-state index in [1.54, 1.807) is 0 Å². The minimum atomic E-state index is -0.800. The lowest BCUT2D eigenvalue weighted by Crippen LogP contribution is -2.34. The average Bonchev–Trinajstić information content (AvgIpc) is 2.64. The van der Waals surface area contributed by atoms with Crippen LogP contribution in [-0.2, 0) is 6.54 Å². The van der Waals surface area contributed by atoms with Crippen LogP contribution in [0.2, 0.25) is 0 Å². The summed E-state index contributed by atoms with van der Waals surface area (Å²) < 4.78 is 6.19. The molecule has 0 aliphatic rings. The highest BCUT2D eigenvalue weighted by molar-refractivity contribution is 5.24. The van der Waals surface area contributed by atoms with Gasteiger partial charge in [0.05, 0.1) is 0 Å². The van der Waals surface area contributed by atoms with Gasteiger partial charge in [0.2, 0.25) is 6.20 Å². The maximum Gasteiger partial charge on any atom is 0.227 e. The fraction of sp³-hybridized carbons (Fsp3) is 0.778. The van der Waals surface area contributed by atoms with Crippen molar-refractivity contribution in [2.24, 2.45) is 0 Å². The maximum atomic E-state index is 10.1. The van der Waals surface area contributed by atoms with Crippen LogP contribution in [-0.4, -0.2) is 10.3 Å². The molecule has 16 heavy (non-hydrogen) atoms. The second kappa shape index (κ2) is 6.76. The maximum absolute atomic E-state index is 10.1. The SMILES string of the molecule is CCCCCCC[n+]1cc([N-][N+](=O)[O-])on1. The summed E-state index contributed by atoms with van der Waals surface area (Å²) in [4.78, 5) is 10.1. The molecule has 1 rings (SSSR count). The fourth-order valence-corrected chi connectivity index (χ4v) is 1.38. The smallest absolute Gasteiger partial charge is 0.227 e. The minimum absolute atomic E-state index is 0.0708. The molecule has 0 fully saturated rings. The van der Waals surface area contributed by atoms with Crippen LogP contribution in [0.15, 0.2) is 10.7 Å². The van der Waals surface area contributed by atoms with Gasteiger partial charge in [-0.25, -0.2) is 0 Å². The molecule has 0 spiro atoms. The van der Waals surface area contributed by atoms with Gasteiger partial charge >= 0.3 is 0 Å². The second-order valence-electron chi connectivity index (χ2n) is 3.56. The number of nitro groups is 1. The number of unbranched alkanes of at least 4 members (excludes halogenated alkanes) is 4. The Morgan fingerprint density at radius 1 is 1.50 bits per heavy atom. The Kier molecular flexibility index (Phi) is 5.24. The summed E-state index contributed by atoms with van der Waals surface area (Å²) in [6.07, 6.45) is 7.22. The molecule has 0 radical (unpaired) electrons. The van der Waals surface area contributed by atoms with E-state index in [0.717, 1.165) is 12.8 Å². The molecule has 0 N–H and O–H groups in total. The van der Waals surface area contributed by atoms with Crippen molar-refractivity contribution >= 4 is 5.88 Å². The first-order chi connectivity index (χ1) is 7.72. The molecule has 1 aromatic rings. The van der Waals surface area contributed by atoms with Crippen LogP contribution in [0.4, 0.5) is 5.88 Å². The Morgan fingerprint density at radius 2 is 2.25 bits per heavy atom. The number of rotatable bonds is 8. The molecule has 7 heteroatoms. The highest BCUT2D eigenvalue weighted by atomic mass is 16.7. The number of hydrogen-bond acceptors (Lipinski definition) is 4. The van der Waals surface area contributed by atoms with Gasteiger partial charge < -0.3 is 9.95 Å². The molecule has 0 atom stereocenters. The molecule has 0 unspecified atom stereocenters. The zero-order valence-corrected chi connectivity index (χ0v) is 9.33. The van der Waals surface area contributed by atoms with Gasteiger partial charge in [-0.2, -0.15) is 0 Å². The molecule has 90 valence electrons. The van der Waals surface area contributed by atoms with Crippen LogP contribution in [0.25, 0.3) is 5.43 Å². The minimum Gasteiger partial charge on any atom is -0.320 e. The number of hydrogen-bond donors (Lipinski definition) is 0. The number of aryl methyl sites for hydroxylation is 1. The van der Waals surface area contributed by atoms with E-state index in [1.165, 1.54) is 30.1 Å². The molecule has 0 aliphatic carbocycles. The third-order valence-corrected chi connectivity index (χ3v) is 2.17. The summed E-state index contributed by atoms with van der Waals surface area (Å²) in [5, 5.41) is 12.9. The van der Waals surface area contributed by atoms with Crippen molar-refractivity contribution in [3.8, 4) is 0 Å². The van der Waals surface area contributed by atoms with Gasteiger partial charge in [0, 0.05) is 6.42 Å². The second-order valence-corrected chi connectivity index (χ2v) is 3.56. The Balaban J connectivity index is 2.21. The summed E-state index contributed by atoms with van der Waals surface area (Å²) in [7, 11) is 0. The Morgan fingerprint density at radius 3 is 2.94 bits per heavy atom. The van der Waals surface area contributed by atoms with Crippen molar-refractivity contribution in [3.63, 3.8) is 0 Å². The predicted octanol–water partition coefficient (Wildman–Crippen LogP) is 2.13. The lowest BCUT2D eigenvalue weighted by atomic mass is 10.1. The van der Waals surface area contributed by atoms with Crippen LogP contribution in [0.3, 0.4) is 0 Å². The fourth-order valence-electron chi connectivity index (χ4n) is 1.38. The van der Waals surface area contributed by atoms with Crippen molar-refractivity contribution < 1.29 is 14.2 Å². The molecule has 1 heterocycles. The molecule has 0 aromatic carbocycles. The van der Waals surface area contributed by atoms with E-state index < -0.39 is 5.03 Å². The Labute approximate surface area is 93.5 Å². The third-order valence-electron chi connectivity index (χ3n) is 2.17. The molecule has 0 bridgehead atoms. The summed E-state index contributed by atoms with van der Waals surface area (Å²) in [6, 6.07) is 0. The Bertz CT molecular complexity index is 326. The van der Waals surface area contributed by atoms with Gasteiger partial charge in [-0.05, 0) is 11.5 Å². The largest absolute Gasteiger partial charge is 0.320 e. The topological polar surface area (TPSA) is 87.2 Å². The van der Waals surface area contributed by atoms with Crippen LogP contribution in [0.5, 0.6) is 0 Å². The summed E-state index contributed by atoms with van der Waals surface area (Å²) in [6.45, 7) is 2.87. The molecule has 0 amide bonds. The van der Waals surface area contributed by atoms with Crippen LogP contribution < -0.4 is 4.68 Å². The highest BCUT2D eigenvalue weighted by Crippen LogP contribution is 2.13. The molecule has 0 saturated heterocycles. The summed E-state index contributed by atoms with van der Waals surface area (Å²) >= 11 is 0. The van der Waals surface area contributed by atoms with Crippen molar-refractivity contribution in [1.29, 1.82) is 0 Å². The molecule has 0 saturated carbocycles. The number of aromatic nitrogens is 2. The van der Waals surface area contributed by atoms with E-state index >= 15 is 0 Å². The van der Waals surface area contributed by atoms with Crippen molar-refractivity contribution in [3.05, 3.63) is 21.7 Å². The molecular weight excluding hydrogens is 212 g/mol. The van der Waals surface area contributed by atoms with Gasteiger partial charge in [-0.1, -0.05) is 30.9 Å². The summed E-state index contributed by atoms with van der Waals surface area (Å²) in [5.74, 6) is -0.0708. The summed E-state index contributed by atoms with van der Waals surface area (Å²) in [5.41, 5.74) is 3.01. The predicted molar refractivity (Wildman–Crippen MR) is 55.5 cm³/mol. The molecular formula is C9H16N4O3. The quantitative estimate of drug-likeness (QED) is 0.295. The van der Waals surface area contributed by atoms with Gasteiger partial charge in [0.15, 0.2) is 17.7 Å². The van der Waals surface area contributed by atoms with E-state index in [0.29, 0.717) is 6.54 Å². The third kappa shape index (κ3) is 4.72. The van der Waals surface area contributed by atoms with Gasteiger partial charge in [-0.3, -0.25) is 10.1 Å². The van der Waals surface area contributed by atoms with E-state index in [-0.39, 0.29) is 5.88 Å². The molecule has 0 aliphatic heterocycles. The average molecular weight is 228 g/mol. The van der Waals surface area contributed by atoms with Crippen LogP contribution in [0.1, 0.15) is 39.0 Å². The molecule has 1 aromatic heterocycles. The van der Waals surface area contributed by atoms with Gasteiger partial charge in [0.25, 0.3) is 0 Å². The lowest BCUT2D eigenvalue weighted by molar-refractivity contribution is -0.762. The molecule has 7 nitrogen and oxygen atoms in total. The highest BCUT2D eigenvalue weighted by Gasteiger charge is 2.07. The van der Waals surface area contributed by atoms with Crippen LogP contribution >= 0.6 is 0 Å². The zero-order valence-electron chi connectivity index (χ0n) is 9.33. The van der Waals surface area contributed by atoms with E-state index in [2.05, 4.69) is 22.1 Å². The normalized spacial score (nSPS) is 10.3. The zero-order chi connectivity index (χ0) is 11.8. The lowest BCUT2D eigenvalue weighted by Gasteiger charge is -1.98. The monoisotopic (exact) mass is 228 g/mol. The van der Waals surface area contributed by atoms with E-state index in [1.807, 2.05) is 0 Å². The first-order valence-corrected chi connectivity index (χ1v) is 5.45. The van der Waals surface area contributed by atoms with E-state index in [9.17, 15) is 10.1 Å². The van der Waals surface area contributed by atoms with Crippen LogP contribution in [0, 0.1) is 10.1 Å². The van der Waals surface area contributed by atoms with Crippen molar-refractivity contribution in [1.82, 2.24) is 5.27 Å². The van der Waals surface area contributed by atoms with E-state index in [4.69, 9.17) is 0 Å². The first-order valence-electron chi connectivity index (χ1n) is 5.45. The number of nitrogens with zero attached hydrogens (tertiary/aromatic N) is 4. The van der Waals surface area contributed by atoms with Gasteiger partial charge in [-0.15, -0.1) is 0 Å². The van der Waals surface area contributed by atoms with Gasteiger partial charge in [0.1, 0.15) is 0 Å². The van der Waals surface area contributed by atoms with Crippen molar-refractivity contribution in [2.45, 2.75) is 45.6 Å². The first kappa shape index (κ1) is 12.4. The van der Waals surface area contributed by atoms with Crippen molar-refractivity contribution in [2.75, 3.05) is 0 Å². The standard InChI is InChI=1S/C9H16N4O3/c1-2-3-4-5-6-7-12-8-9(16-11-12)10-13(14)15/h8H,2-7H2,1H3.